The fraction of sp³-hybridized carbons (Fsp3) is 0. The second-order valence-electron chi connectivity index (χ2n) is 4.96. The van der Waals surface area contributed by atoms with Gasteiger partial charge in [0.1, 0.15) is 4.90 Å². The largest absolute Gasteiger partial charge is 0.505 e. The van der Waals surface area contributed by atoms with Gasteiger partial charge in [-0.3, -0.25) is 4.72 Å². The molecule has 0 fully saturated rings. The van der Waals surface area contributed by atoms with Crippen molar-refractivity contribution in [1.82, 2.24) is 4.98 Å². The number of hydrogen-bond acceptors (Lipinski definition) is 4. The van der Waals surface area contributed by atoms with E-state index < -0.39 is 21.7 Å². The lowest BCUT2D eigenvalue weighted by Crippen LogP contribution is -2.13. The molecular formula is C15H11ClN2O5S. The predicted octanol–water partition coefficient (Wildman–Crippen LogP) is 3.03. The normalized spacial score (nSPS) is 11.5. The van der Waals surface area contributed by atoms with Gasteiger partial charge in [0.15, 0.2) is 5.75 Å². The molecule has 0 atom stereocenters. The van der Waals surface area contributed by atoms with Gasteiger partial charge in [0, 0.05) is 17.1 Å². The van der Waals surface area contributed by atoms with Gasteiger partial charge < -0.3 is 15.2 Å². The number of hydrogen-bond donors (Lipinski definition) is 4. The number of fused-ring (bicyclic) bond motifs is 1. The maximum atomic E-state index is 12.4. The van der Waals surface area contributed by atoms with E-state index in [0.717, 1.165) is 0 Å². The van der Waals surface area contributed by atoms with Crippen LogP contribution < -0.4 is 4.72 Å². The molecule has 0 amide bonds. The Morgan fingerprint density at radius 2 is 1.96 bits per heavy atom. The van der Waals surface area contributed by atoms with Crippen LogP contribution >= 0.6 is 11.6 Å². The Balaban J connectivity index is 2.00. The van der Waals surface area contributed by atoms with Gasteiger partial charge in [-0.05, 0) is 30.3 Å². The third-order valence-corrected chi connectivity index (χ3v) is 5.12. The minimum atomic E-state index is -4.06. The Morgan fingerprint density at radius 3 is 2.67 bits per heavy atom. The number of benzene rings is 2. The van der Waals surface area contributed by atoms with E-state index in [-0.39, 0.29) is 21.2 Å². The molecule has 24 heavy (non-hydrogen) atoms. The van der Waals surface area contributed by atoms with E-state index in [1.54, 1.807) is 0 Å². The van der Waals surface area contributed by atoms with Crippen molar-refractivity contribution in [1.29, 1.82) is 0 Å². The van der Waals surface area contributed by atoms with Gasteiger partial charge in [-0.1, -0.05) is 17.7 Å². The van der Waals surface area contributed by atoms with Gasteiger partial charge in [0.25, 0.3) is 10.0 Å². The van der Waals surface area contributed by atoms with E-state index in [9.17, 15) is 18.3 Å². The zero-order chi connectivity index (χ0) is 17.5. The number of phenolic OH excluding ortho intramolecular Hbond substituents is 1. The SMILES string of the molecule is O=C(O)c1c[nH]c2cc(NS(=O)(=O)c3cccc(Cl)c3O)ccc12. The minimum absolute atomic E-state index is 0.0798. The number of phenols is 1. The summed E-state index contributed by atoms with van der Waals surface area (Å²) in [6, 6.07) is 8.38. The third-order valence-electron chi connectivity index (χ3n) is 3.40. The molecule has 124 valence electrons. The van der Waals surface area contributed by atoms with Gasteiger partial charge in [-0.15, -0.1) is 0 Å². The molecule has 0 aliphatic rings. The van der Waals surface area contributed by atoms with Crippen molar-refractivity contribution in [3.8, 4) is 5.75 Å². The first-order valence-electron chi connectivity index (χ1n) is 6.64. The van der Waals surface area contributed by atoms with Crippen LogP contribution in [0, 0.1) is 0 Å². The number of aromatic carboxylic acids is 1. The fourth-order valence-corrected chi connectivity index (χ4v) is 3.69. The van der Waals surface area contributed by atoms with Gasteiger partial charge in [0.2, 0.25) is 0 Å². The van der Waals surface area contributed by atoms with Crippen molar-refractivity contribution < 1.29 is 23.4 Å². The van der Waals surface area contributed by atoms with E-state index in [1.807, 2.05) is 0 Å². The maximum Gasteiger partial charge on any atom is 0.337 e. The molecule has 1 heterocycles. The molecule has 4 N–H and O–H groups in total. The molecule has 0 spiro atoms. The highest BCUT2D eigenvalue weighted by Crippen LogP contribution is 2.32. The van der Waals surface area contributed by atoms with Crippen LogP contribution in [0.2, 0.25) is 5.02 Å². The van der Waals surface area contributed by atoms with Crippen LogP contribution in [-0.4, -0.2) is 29.6 Å². The molecule has 0 bridgehead atoms. The second-order valence-corrected chi connectivity index (χ2v) is 7.02. The number of nitrogens with one attached hydrogen (secondary N) is 2. The van der Waals surface area contributed by atoms with Gasteiger partial charge in [0.05, 0.1) is 16.3 Å². The lowest BCUT2D eigenvalue weighted by molar-refractivity contribution is 0.0699. The summed E-state index contributed by atoms with van der Waals surface area (Å²) in [5, 5.41) is 19.3. The van der Waals surface area contributed by atoms with Gasteiger partial charge in [-0.2, -0.15) is 0 Å². The van der Waals surface area contributed by atoms with Crippen molar-refractivity contribution in [2.24, 2.45) is 0 Å². The van der Waals surface area contributed by atoms with Crippen molar-refractivity contribution in [3.63, 3.8) is 0 Å². The molecule has 7 nitrogen and oxygen atoms in total. The Morgan fingerprint density at radius 1 is 1.21 bits per heavy atom. The number of carbonyl (C=O) groups is 1. The molecule has 0 saturated heterocycles. The first kappa shape index (κ1) is 16.2. The number of halogens is 1. The van der Waals surface area contributed by atoms with E-state index >= 15 is 0 Å². The topological polar surface area (TPSA) is 119 Å². The zero-order valence-electron chi connectivity index (χ0n) is 11.9. The van der Waals surface area contributed by atoms with Crippen molar-refractivity contribution in [3.05, 3.63) is 53.2 Å². The number of rotatable bonds is 4. The summed E-state index contributed by atoms with van der Waals surface area (Å²) in [7, 11) is -4.06. The van der Waals surface area contributed by atoms with E-state index in [1.165, 1.54) is 42.6 Å². The lowest BCUT2D eigenvalue weighted by atomic mass is 10.1. The fourth-order valence-electron chi connectivity index (χ4n) is 2.29. The summed E-state index contributed by atoms with van der Waals surface area (Å²) in [5.41, 5.74) is 0.760. The Kier molecular flexibility index (Phi) is 3.86. The number of para-hydroxylation sites is 1. The quantitative estimate of drug-likeness (QED) is 0.565. The van der Waals surface area contributed by atoms with Crippen LogP contribution in [0.3, 0.4) is 0 Å². The monoisotopic (exact) mass is 366 g/mol. The number of carboxylic acids is 1. The number of aromatic amines is 1. The van der Waals surface area contributed by atoms with Gasteiger partial charge >= 0.3 is 5.97 Å². The molecule has 0 saturated carbocycles. The molecule has 0 aliphatic heterocycles. The van der Waals surface area contributed by atoms with Crippen LogP contribution in [0.1, 0.15) is 10.4 Å². The molecule has 9 heteroatoms. The van der Waals surface area contributed by atoms with E-state index in [2.05, 4.69) is 9.71 Å². The molecular weight excluding hydrogens is 356 g/mol. The van der Waals surface area contributed by atoms with Gasteiger partial charge in [-0.25, -0.2) is 13.2 Å². The summed E-state index contributed by atoms with van der Waals surface area (Å²) in [6.45, 7) is 0. The maximum absolute atomic E-state index is 12.4. The number of H-pyrrole nitrogens is 1. The number of aromatic hydroxyl groups is 1. The van der Waals surface area contributed by atoms with Crippen LogP contribution in [0.5, 0.6) is 5.75 Å². The van der Waals surface area contributed by atoms with Crippen molar-refractivity contribution in [2.45, 2.75) is 4.90 Å². The molecule has 0 unspecified atom stereocenters. The van der Waals surface area contributed by atoms with Crippen molar-refractivity contribution >= 4 is 44.2 Å². The average molecular weight is 367 g/mol. The highest BCUT2D eigenvalue weighted by Gasteiger charge is 2.21. The average Bonchev–Trinajstić information content (AvgIpc) is 2.92. The van der Waals surface area contributed by atoms with Crippen molar-refractivity contribution in [2.75, 3.05) is 4.72 Å². The van der Waals surface area contributed by atoms with Crippen LogP contribution in [0.4, 0.5) is 5.69 Å². The number of anilines is 1. The Hall–Kier alpha value is -2.71. The predicted molar refractivity (Wildman–Crippen MR) is 89.2 cm³/mol. The Bertz CT molecular complexity index is 1060. The second kappa shape index (κ2) is 5.73. The number of carboxylic acid groups (broad SMARTS) is 1. The van der Waals surface area contributed by atoms with Crippen LogP contribution in [0.25, 0.3) is 10.9 Å². The van der Waals surface area contributed by atoms with Crippen LogP contribution in [-0.2, 0) is 10.0 Å². The lowest BCUT2D eigenvalue weighted by Gasteiger charge is -2.10. The number of aromatic nitrogens is 1. The summed E-state index contributed by atoms with van der Waals surface area (Å²) in [6.07, 6.45) is 1.33. The first-order chi connectivity index (χ1) is 11.3. The standard InChI is InChI=1S/C15H11ClN2O5S/c16-11-2-1-3-13(14(11)19)24(22,23)18-8-4-5-9-10(15(20)21)7-17-12(9)6-8/h1-7,17-19H,(H,20,21). The summed E-state index contributed by atoms with van der Waals surface area (Å²) in [4.78, 5) is 13.5. The molecule has 0 radical (unpaired) electrons. The van der Waals surface area contributed by atoms with E-state index in [0.29, 0.717) is 10.9 Å². The smallest absolute Gasteiger partial charge is 0.337 e. The third kappa shape index (κ3) is 2.77. The molecule has 3 aromatic rings. The summed E-state index contributed by atoms with van der Waals surface area (Å²) in [5.74, 6) is -1.63. The first-order valence-corrected chi connectivity index (χ1v) is 8.50. The van der Waals surface area contributed by atoms with Crippen LogP contribution in [0.15, 0.2) is 47.5 Å². The number of sulfonamides is 1. The molecule has 3 rings (SSSR count). The molecule has 2 aromatic carbocycles. The summed E-state index contributed by atoms with van der Waals surface area (Å²) < 4.78 is 27.1. The highest BCUT2D eigenvalue weighted by molar-refractivity contribution is 7.92. The van der Waals surface area contributed by atoms with E-state index in [4.69, 9.17) is 16.7 Å². The highest BCUT2D eigenvalue weighted by atomic mass is 35.5. The molecule has 1 aromatic heterocycles. The summed E-state index contributed by atoms with van der Waals surface area (Å²) >= 11 is 5.73. The Labute approximate surface area is 141 Å². The zero-order valence-corrected chi connectivity index (χ0v) is 13.5. The minimum Gasteiger partial charge on any atom is -0.505 e. The molecule has 0 aliphatic carbocycles.